The molecule has 1 saturated carbocycles. The third-order valence-electron chi connectivity index (χ3n) is 2.12. The highest BCUT2D eigenvalue weighted by molar-refractivity contribution is 4.91. The molecule has 94 valence electrons. The van der Waals surface area contributed by atoms with Gasteiger partial charge in [-0.3, -0.25) is 5.26 Å². The fourth-order valence-corrected chi connectivity index (χ4v) is 1.10. The number of hydrogen-bond acceptors (Lipinski definition) is 3. The first-order valence-corrected chi connectivity index (χ1v) is 5.08. The SMILES string of the molecule is C.C=CCC1CC1CN.CC(C)(C)OO.[HH]. The lowest BCUT2D eigenvalue weighted by molar-refractivity contribution is -0.306. The smallest absolute Gasteiger partial charge is 0.0949 e. The lowest BCUT2D eigenvalue weighted by Gasteiger charge is -2.10. The van der Waals surface area contributed by atoms with Gasteiger partial charge in [0.15, 0.2) is 0 Å². The normalized spacial score (nSPS) is 23.3. The van der Waals surface area contributed by atoms with Gasteiger partial charge in [0.2, 0.25) is 0 Å². The standard InChI is InChI=1S/C7H13N.C4H10O2.CH4.H2/c1-2-3-6-4-7(6)5-8;1-4(2,3)6-5;;/h2,6-7H,1,3-5,8H2;5H,1-3H3;1H4;1H. The Labute approximate surface area is 95.7 Å². The molecule has 1 aliphatic rings. The van der Waals surface area contributed by atoms with Gasteiger partial charge < -0.3 is 5.73 Å². The number of hydrogen-bond donors (Lipinski definition) is 2. The summed E-state index contributed by atoms with van der Waals surface area (Å²) in [6, 6.07) is 0. The first-order valence-electron chi connectivity index (χ1n) is 5.08. The fraction of sp³-hybridized carbons (Fsp3) is 0.833. The molecule has 2 atom stereocenters. The minimum absolute atomic E-state index is 0. The van der Waals surface area contributed by atoms with E-state index in [4.69, 9.17) is 11.0 Å². The number of allylic oxidation sites excluding steroid dienone is 1. The Hall–Kier alpha value is -0.380. The average molecular weight is 219 g/mol. The average Bonchev–Trinajstić information content (AvgIpc) is 2.84. The van der Waals surface area contributed by atoms with Crippen molar-refractivity contribution in [2.45, 2.75) is 46.6 Å². The molecule has 0 heterocycles. The van der Waals surface area contributed by atoms with Gasteiger partial charge in [-0.2, -0.15) is 0 Å². The van der Waals surface area contributed by atoms with Crippen molar-refractivity contribution < 1.29 is 11.6 Å². The Kier molecular flexibility index (Phi) is 8.92. The molecule has 3 heteroatoms. The Balaban J connectivity index is -0.000000195. The maximum Gasteiger partial charge on any atom is 0.0949 e. The molecular formula is C12H29NO2. The van der Waals surface area contributed by atoms with Gasteiger partial charge in [0.05, 0.1) is 5.60 Å². The van der Waals surface area contributed by atoms with Gasteiger partial charge in [-0.1, -0.05) is 13.5 Å². The summed E-state index contributed by atoms with van der Waals surface area (Å²) in [6.07, 6.45) is 4.49. The van der Waals surface area contributed by atoms with Gasteiger partial charge in [-0.25, -0.2) is 4.89 Å². The molecule has 0 spiro atoms. The van der Waals surface area contributed by atoms with Crippen molar-refractivity contribution in [3.63, 3.8) is 0 Å². The highest BCUT2D eigenvalue weighted by atomic mass is 17.1. The Morgan fingerprint density at radius 1 is 1.53 bits per heavy atom. The molecule has 0 radical (unpaired) electrons. The van der Waals surface area contributed by atoms with Crippen LogP contribution in [0.1, 0.15) is 42.5 Å². The predicted octanol–water partition coefficient (Wildman–Crippen LogP) is 3.31. The first-order chi connectivity index (χ1) is 6.44. The molecule has 1 rings (SSSR count). The van der Waals surface area contributed by atoms with E-state index in [0.29, 0.717) is 0 Å². The molecule has 3 nitrogen and oxygen atoms in total. The molecule has 0 aliphatic heterocycles. The fourth-order valence-electron chi connectivity index (χ4n) is 1.10. The molecule has 0 amide bonds. The van der Waals surface area contributed by atoms with Crippen molar-refractivity contribution in [3.05, 3.63) is 12.7 Å². The number of nitrogens with two attached hydrogens (primary N) is 1. The van der Waals surface area contributed by atoms with Crippen LogP contribution in [-0.4, -0.2) is 17.4 Å². The van der Waals surface area contributed by atoms with Crippen molar-refractivity contribution in [1.82, 2.24) is 0 Å². The predicted molar refractivity (Wildman–Crippen MR) is 67.8 cm³/mol. The third-order valence-corrected chi connectivity index (χ3v) is 2.12. The summed E-state index contributed by atoms with van der Waals surface area (Å²) in [7, 11) is 0. The summed E-state index contributed by atoms with van der Waals surface area (Å²) < 4.78 is 0. The van der Waals surface area contributed by atoms with Crippen LogP contribution in [0, 0.1) is 11.8 Å². The molecule has 0 bridgehead atoms. The van der Waals surface area contributed by atoms with Crippen LogP contribution in [0.3, 0.4) is 0 Å². The van der Waals surface area contributed by atoms with Gasteiger partial charge in [0.25, 0.3) is 0 Å². The summed E-state index contributed by atoms with van der Waals surface area (Å²) in [5, 5.41) is 7.90. The largest absolute Gasteiger partial charge is 0.330 e. The minimum atomic E-state index is -0.403. The van der Waals surface area contributed by atoms with Crippen LogP contribution in [0.2, 0.25) is 0 Å². The molecule has 1 fully saturated rings. The van der Waals surface area contributed by atoms with Crippen LogP contribution in [-0.2, 0) is 4.89 Å². The van der Waals surface area contributed by atoms with E-state index in [-0.39, 0.29) is 8.85 Å². The molecule has 0 saturated heterocycles. The lowest BCUT2D eigenvalue weighted by Crippen LogP contribution is -2.15. The van der Waals surface area contributed by atoms with Gasteiger partial charge in [-0.05, 0) is 52.0 Å². The van der Waals surface area contributed by atoms with Crippen molar-refractivity contribution in [2.75, 3.05) is 6.54 Å². The number of rotatable bonds is 3. The zero-order valence-corrected chi connectivity index (χ0v) is 9.49. The molecule has 15 heavy (non-hydrogen) atoms. The van der Waals surface area contributed by atoms with E-state index in [2.05, 4.69) is 11.5 Å². The Morgan fingerprint density at radius 3 is 2.20 bits per heavy atom. The van der Waals surface area contributed by atoms with Gasteiger partial charge in [-0.15, -0.1) is 6.58 Å². The second-order valence-corrected chi connectivity index (χ2v) is 4.72. The Morgan fingerprint density at radius 2 is 2.00 bits per heavy atom. The molecule has 0 aromatic rings. The van der Waals surface area contributed by atoms with Crippen molar-refractivity contribution in [3.8, 4) is 0 Å². The van der Waals surface area contributed by atoms with E-state index >= 15 is 0 Å². The van der Waals surface area contributed by atoms with E-state index < -0.39 is 5.60 Å². The highest BCUT2D eigenvalue weighted by Crippen LogP contribution is 2.40. The second kappa shape index (κ2) is 7.85. The minimum Gasteiger partial charge on any atom is -0.330 e. The maximum absolute atomic E-state index is 7.90. The van der Waals surface area contributed by atoms with Crippen LogP contribution >= 0.6 is 0 Å². The summed E-state index contributed by atoms with van der Waals surface area (Å²) >= 11 is 0. The molecule has 3 N–H and O–H groups in total. The third kappa shape index (κ3) is 9.91. The Bertz CT molecular complexity index is 169. The zero-order valence-electron chi connectivity index (χ0n) is 9.49. The summed E-state index contributed by atoms with van der Waals surface area (Å²) in [6.45, 7) is 9.85. The quantitative estimate of drug-likeness (QED) is 0.435. The molecular weight excluding hydrogens is 190 g/mol. The first kappa shape index (κ1) is 17.0. The van der Waals surface area contributed by atoms with Gasteiger partial charge >= 0.3 is 0 Å². The van der Waals surface area contributed by atoms with E-state index in [1.807, 2.05) is 6.08 Å². The highest BCUT2D eigenvalue weighted by Gasteiger charge is 2.33. The van der Waals surface area contributed by atoms with Crippen molar-refractivity contribution >= 4 is 0 Å². The van der Waals surface area contributed by atoms with E-state index in [1.54, 1.807) is 20.8 Å². The van der Waals surface area contributed by atoms with E-state index in [1.165, 1.54) is 12.8 Å². The topological polar surface area (TPSA) is 55.5 Å². The van der Waals surface area contributed by atoms with Gasteiger partial charge in [0, 0.05) is 1.43 Å². The molecule has 1 aliphatic carbocycles. The summed E-state index contributed by atoms with van der Waals surface area (Å²) in [5.41, 5.74) is 5.02. The summed E-state index contributed by atoms with van der Waals surface area (Å²) in [5.74, 6) is 1.71. The monoisotopic (exact) mass is 219 g/mol. The van der Waals surface area contributed by atoms with E-state index in [0.717, 1.165) is 18.4 Å². The van der Waals surface area contributed by atoms with Crippen LogP contribution in [0.5, 0.6) is 0 Å². The summed E-state index contributed by atoms with van der Waals surface area (Å²) in [4.78, 5) is 3.94. The zero-order chi connectivity index (χ0) is 11.2. The molecule has 0 aromatic heterocycles. The van der Waals surface area contributed by atoms with Crippen molar-refractivity contribution in [2.24, 2.45) is 17.6 Å². The van der Waals surface area contributed by atoms with Crippen LogP contribution < -0.4 is 5.73 Å². The van der Waals surface area contributed by atoms with Crippen LogP contribution in [0.15, 0.2) is 12.7 Å². The van der Waals surface area contributed by atoms with Crippen LogP contribution in [0.25, 0.3) is 0 Å². The van der Waals surface area contributed by atoms with Gasteiger partial charge in [0.1, 0.15) is 0 Å². The van der Waals surface area contributed by atoms with E-state index in [9.17, 15) is 0 Å². The lowest BCUT2D eigenvalue weighted by atomic mass is 10.2. The molecule has 0 aromatic carbocycles. The second-order valence-electron chi connectivity index (χ2n) is 4.72. The van der Waals surface area contributed by atoms with Crippen LogP contribution in [0.4, 0.5) is 0 Å². The molecule has 2 unspecified atom stereocenters. The van der Waals surface area contributed by atoms with Crippen molar-refractivity contribution in [1.29, 1.82) is 0 Å². The maximum atomic E-state index is 7.90.